The number of amides is 2. The summed E-state index contributed by atoms with van der Waals surface area (Å²) in [4.78, 5) is 116. The lowest BCUT2D eigenvalue weighted by Crippen LogP contribution is -2.38. The van der Waals surface area contributed by atoms with Crippen molar-refractivity contribution in [2.24, 2.45) is 17.2 Å². The number of esters is 2. The third kappa shape index (κ3) is 42.7. The summed E-state index contributed by atoms with van der Waals surface area (Å²) in [6.45, 7) is 7.26. The molecule has 8 aromatic carbocycles. The van der Waals surface area contributed by atoms with Gasteiger partial charge in [0, 0.05) is 110 Å². The highest BCUT2D eigenvalue weighted by molar-refractivity contribution is 9.09. The predicted octanol–water partition coefficient (Wildman–Crippen LogP) is 18.8. The SMILES string of the molecule is C#CCBr.C#CCN(CC#C)C1CC(=O)c2ccccc21.C#CCNC1CC(=O)c2ccccc21.C#CCNC1CC(=O)c2ccccc21.CC(C)(C)OO.CS(=O)(=O)O.Cl.Cl.Cl.Cl.Cl.NC1CC(=O)c2ccccc21.NC1CC(=O)c2ccccc21.NC1CCc2ccccc21.O=C(NC1CCc2ccccc21)C(F)(F)F.O=C(OC(=O)C(F)(F)F)C(F)(F)F.O=C1CC(NC(=O)C(F)(F)F)c2ccccc21.[HH]. The molecule has 0 saturated heterocycles. The van der Waals surface area contributed by atoms with Gasteiger partial charge in [0.2, 0.25) is 0 Å². The van der Waals surface area contributed by atoms with Crippen LogP contribution in [0.5, 0.6) is 0 Å². The molecule has 16 rings (SSSR count). The van der Waals surface area contributed by atoms with E-state index in [-0.39, 0.29) is 135 Å². The number of hydrogen-bond donors (Lipinski definition) is 9. The Morgan fingerprint density at radius 3 is 0.986 bits per heavy atom. The molecule has 8 atom stereocenters. The maximum atomic E-state index is 12.1. The Morgan fingerprint density at radius 1 is 0.406 bits per heavy atom. The number of Topliss-reactive ketones (excluding diaryl/α,β-unsaturated/α-hetero) is 6. The molecule has 43 heteroatoms. The van der Waals surface area contributed by atoms with Crippen molar-refractivity contribution in [2.75, 3.05) is 37.8 Å². The number of halogens is 18. The van der Waals surface area contributed by atoms with E-state index in [1.165, 1.54) is 17.2 Å². The molecule has 774 valence electrons. The van der Waals surface area contributed by atoms with Gasteiger partial charge in [-0.1, -0.05) is 240 Å². The average Bonchev–Trinajstić information content (AvgIpc) is 1.64. The molecule has 2 amide bonds. The Balaban J connectivity index is 0. The van der Waals surface area contributed by atoms with E-state index in [0.29, 0.717) is 99.9 Å². The summed E-state index contributed by atoms with van der Waals surface area (Å²) in [6, 6.07) is 59.1. The van der Waals surface area contributed by atoms with Crippen molar-refractivity contribution in [2.45, 2.75) is 164 Å². The number of rotatable bonds is 9. The molecule has 8 aliphatic rings. The van der Waals surface area contributed by atoms with Gasteiger partial charge in [0.25, 0.3) is 10.1 Å². The fourth-order valence-electron chi connectivity index (χ4n) is 14.5. The summed E-state index contributed by atoms with van der Waals surface area (Å²) in [5.74, 6) is 2.96. The molecule has 0 fully saturated rings. The fourth-order valence-corrected chi connectivity index (χ4v) is 14.5. The van der Waals surface area contributed by atoms with Crippen molar-refractivity contribution in [3.63, 3.8) is 0 Å². The van der Waals surface area contributed by atoms with Crippen LogP contribution in [0.15, 0.2) is 194 Å². The zero-order valence-corrected chi connectivity index (χ0v) is 83.2. The van der Waals surface area contributed by atoms with Crippen LogP contribution in [0.3, 0.4) is 0 Å². The number of nitrogens with zero attached hydrogens (tertiary/aromatic N) is 1. The summed E-state index contributed by atoms with van der Waals surface area (Å²) >= 11 is 3.01. The van der Waals surface area contributed by atoms with Gasteiger partial charge in [-0.15, -0.1) is 94.2 Å². The second-order valence-corrected chi connectivity index (χ2v) is 33.7. The first-order valence-electron chi connectivity index (χ1n) is 41.8. The fraction of sp³-hybridized carbons (Fsp3) is 0.320. The zero-order valence-electron chi connectivity index (χ0n) is 76.7. The van der Waals surface area contributed by atoms with Crippen molar-refractivity contribution >= 4 is 147 Å². The minimum Gasteiger partial charge on any atom is -0.380 e. The molecule has 0 spiro atoms. The quantitative estimate of drug-likeness (QED) is 0.00947. The van der Waals surface area contributed by atoms with Gasteiger partial charge in [-0.2, -0.15) is 61.1 Å². The van der Waals surface area contributed by atoms with Gasteiger partial charge in [0.15, 0.2) is 34.7 Å². The third-order valence-electron chi connectivity index (χ3n) is 20.6. The highest BCUT2D eigenvalue weighted by atomic mass is 79.9. The van der Waals surface area contributed by atoms with E-state index in [2.05, 4.69) is 90.1 Å². The van der Waals surface area contributed by atoms with Gasteiger partial charge in [0.1, 0.15) is 0 Å². The minimum absolute atomic E-state index is 0. The maximum Gasteiger partial charge on any atom is 0.491 e. The molecular formula is C100H106BrCl5F12N8O16S. The number of aryl methyl sites for hydroxylation is 2. The Morgan fingerprint density at radius 2 is 0.671 bits per heavy atom. The summed E-state index contributed by atoms with van der Waals surface area (Å²) < 4.78 is 168. The van der Waals surface area contributed by atoms with Gasteiger partial charge in [0.05, 0.1) is 55.4 Å². The van der Waals surface area contributed by atoms with Crippen molar-refractivity contribution in [1.82, 2.24) is 26.2 Å². The second kappa shape index (κ2) is 62.1. The van der Waals surface area contributed by atoms with Crippen molar-refractivity contribution in [3.8, 4) is 61.7 Å². The third-order valence-corrected chi connectivity index (χ3v) is 20.9. The Labute approximate surface area is 860 Å². The Bertz CT molecular complexity index is 5800. The zero-order chi connectivity index (χ0) is 103. The summed E-state index contributed by atoms with van der Waals surface area (Å²) in [5.41, 5.74) is 31.6. The predicted molar refractivity (Wildman–Crippen MR) is 533 cm³/mol. The van der Waals surface area contributed by atoms with Gasteiger partial charge >= 0.3 is 48.5 Å². The molecule has 0 aromatic heterocycles. The topological polar surface area (TPSA) is 393 Å². The molecule has 143 heavy (non-hydrogen) atoms. The lowest BCUT2D eigenvalue weighted by atomic mass is 10.1. The van der Waals surface area contributed by atoms with E-state index in [9.17, 15) is 109 Å². The molecule has 0 bridgehead atoms. The normalized spacial score (nSPS) is 17.4. The summed E-state index contributed by atoms with van der Waals surface area (Å²) in [5, 5.41) is 18.7. The van der Waals surface area contributed by atoms with Crippen LogP contribution < -0.4 is 38.5 Å². The van der Waals surface area contributed by atoms with Crippen LogP contribution >= 0.6 is 78.0 Å². The molecular weight excluding hydrogens is 2090 g/mol. The number of carbonyl (C=O) groups is 10. The number of ether oxygens (including phenoxy) is 1. The molecule has 8 aliphatic carbocycles. The second-order valence-electron chi connectivity index (χ2n) is 31.7. The van der Waals surface area contributed by atoms with E-state index in [0.717, 1.165) is 79.6 Å². The number of hydrogen-bond acceptors (Lipinski definition) is 21. The van der Waals surface area contributed by atoms with Gasteiger partial charge in [-0.25, -0.2) is 14.5 Å². The molecule has 12 N–H and O–H groups in total. The lowest BCUT2D eigenvalue weighted by molar-refractivity contribution is -0.306. The van der Waals surface area contributed by atoms with Crippen LogP contribution in [-0.4, -0.2) is 150 Å². The number of benzene rings is 8. The van der Waals surface area contributed by atoms with E-state index in [4.69, 9.17) is 59.1 Å². The molecule has 24 nitrogen and oxygen atoms in total. The van der Waals surface area contributed by atoms with E-state index < -0.39 is 76.3 Å². The van der Waals surface area contributed by atoms with Gasteiger partial charge < -0.3 is 32.6 Å². The molecule has 0 saturated carbocycles. The first-order valence-corrected chi connectivity index (χ1v) is 44.8. The maximum absolute atomic E-state index is 12.1. The Kier molecular flexibility index (Phi) is 57.1. The Hall–Kier alpha value is -11.7. The molecule has 8 unspecified atom stereocenters. The minimum atomic E-state index is -5.62. The number of alkyl halides is 13. The first kappa shape index (κ1) is 131. The van der Waals surface area contributed by atoms with Gasteiger partial charge in [-0.05, 0) is 102 Å². The number of carbonyl (C=O) groups excluding carboxylic acids is 10. The van der Waals surface area contributed by atoms with Crippen molar-refractivity contribution in [3.05, 3.63) is 283 Å². The van der Waals surface area contributed by atoms with Crippen LogP contribution in [-0.2, 0) is 51.8 Å². The number of ketones is 6. The average molecular weight is 2190 g/mol. The summed E-state index contributed by atoms with van der Waals surface area (Å²) in [6.07, 6.45) is 11.3. The van der Waals surface area contributed by atoms with Crippen LogP contribution in [0.2, 0.25) is 0 Å². The standard InChI is InChI=1S/C15H13NO.2C12H11NO.C11H8F3NO2.C11H10F3NO.2C9H9NO.C9H11N.C4F6O3.C4H10O2.C3H3Br.CH4O3S.5ClH.H2/c1-3-9-16(10-4-2)14-11-15(17)13-8-6-5-7-12(13)14;2*1-2-7-13-11-8-12(14)10-6-4-3-5-9(10)11;12-11(13,14)10(17)15-8-5-9(16)7-4-2-1-3-6(7)8;12-11(13,14)10(16)15-9-6-5-7-3-1-2-4-8(7)9;2*10-8-5-9(11)7-4-2-1-3-6(7)8;10-9-6-5-7-3-1-2-4-8(7)9;5-3(6,7)1(11)13-2(12)4(8,9)10;1-4(2,3)6-5;1-2-3-4;1-5(2,3)4;;;;;;/h1-2,5-8,14H,9-11H2;2*1,3-6,11,13H,7-8H2;1-4,8H,5H2,(H,15,17);1-4,9H,5-6H2,(H,15,16);2*1-4,8H,5,10H2;1-4,9H,5-6,10H2;;5H,1-3H3;1H,3H2;1H3,(H,2,3,4);6*1H. The van der Waals surface area contributed by atoms with E-state index >= 15 is 0 Å². The largest absolute Gasteiger partial charge is 0.491 e. The lowest BCUT2D eigenvalue weighted by Gasteiger charge is -2.24. The molecule has 0 aliphatic heterocycles. The van der Waals surface area contributed by atoms with Crippen molar-refractivity contribution in [1.29, 1.82) is 0 Å². The molecule has 8 aromatic rings. The van der Waals surface area contributed by atoms with E-state index in [1.807, 2.05) is 149 Å². The van der Waals surface area contributed by atoms with Gasteiger partial charge in [-0.3, -0.25) is 63.7 Å². The highest BCUT2D eigenvalue weighted by Gasteiger charge is 2.50. The van der Waals surface area contributed by atoms with Crippen molar-refractivity contribution < 1.29 is 130 Å². The van der Waals surface area contributed by atoms with Crippen LogP contribution in [0.25, 0.3) is 0 Å². The number of nitrogens with one attached hydrogen (secondary N) is 4. The molecule has 0 heterocycles. The van der Waals surface area contributed by atoms with Crippen LogP contribution in [0.4, 0.5) is 52.7 Å². The number of nitrogens with two attached hydrogens (primary N) is 3. The van der Waals surface area contributed by atoms with E-state index in [1.54, 1.807) is 51.1 Å². The summed E-state index contributed by atoms with van der Waals surface area (Å²) in [7, 11) is -3.67. The van der Waals surface area contributed by atoms with Crippen LogP contribution in [0.1, 0.15) is 240 Å². The first-order chi connectivity index (χ1) is 64.8. The smallest absolute Gasteiger partial charge is 0.380 e. The number of fused-ring (bicyclic) bond motifs is 8. The monoisotopic (exact) mass is 2190 g/mol. The number of terminal acetylenes is 5. The highest BCUT2D eigenvalue weighted by Crippen LogP contribution is 2.39. The molecule has 0 radical (unpaired) electrons. The van der Waals surface area contributed by atoms with Crippen LogP contribution in [0, 0.1) is 61.7 Å².